The van der Waals surface area contributed by atoms with Gasteiger partial charge in [-0.15, -0.1) is 0 Å². The topological polar surface area (TPSA) is 20.2 Å². The van der Waals surface area contributed by atoms with Gasteiger partial charge in [-0.2, -0.15) is 0 Å². The highest BCUT2D eigenvalue weighted by molar-refractivity contribution is 9.10. The van der Waals surface area contributed by atoms with E-state index in [0.29, 0.717) is 5.02 Å². The predicted octanol–water partition coefficient (Wildman–Crippen LogP) is 2.59. The zero-order valence-corrected chi connectivity index (χ0v) is 7.48. The normalized spacial score (nSPS) is 9.90. The summed E-state index contributed by atoms with van der Waals surface area (Å²) < 4.78 is 0.850. The van der Waals surface area contributed by atoms with Gasteiger partial charge in [0.1, 0.15) is 0 Å². The molecule has 10 heavy (non-hydrogen) atoms. The van der Waals surface area contributed by atoms with Crippen molar-refractivity contribution in [2.45, 2.75) is 6.61 Å². The lowest BCUT2D eigenvalue weighted by atomic mass is 10.2. The Morgan fingerprint density at radius 2 is 2.20 bits per heavy atom. The molecule has 1 N–H and O–H groups in total. The Bertz CT molecular complexity index is 237. The van der Waals surface area contributed by atoms with Crippen molar-refractivity contribution >= 4 is 27.5 Å². The molecule has 0 saturated carbocycles. The van der Waals surface area contributed by atoms with Gasteiger partial charge in [0.25, 0.3) is 0 Å². The van der Waals surface area contributed by atoms with E-state index in [1.165, 1.54) is 0 Å². The molecule has 0 saturated heterocycles. The molecule has 0 heterocycles. The number of aliphatic hydroxyl groups excluding tert-OH is 1. The van der Waals surface area contributed by atoms with Crippen molar-refractivity contribution in [2.75, 3.05) is 0 Å². The van der Waals surface area contributed by atoms with E-state index in [0.717, 1.165) is 10.0 Å². The highest BCUT2D eigenvalue weighted by Crippen LogP contribution is 2.20. The fourth-order valence-corrected chi connectivity index (χ4v) is 1.46. The average Bonchev–Trinajstić information content (AvgIpc) is 1.88. The van der Waals surface area contributed by atoms with Crippen LogP contribution in [0.4, 0.5) is 0 Å². The Hall–Kier alpha value is -0.0500. The molecule has 1 aromatic rings. The van der Waals surface area contributed by atoms with Crippen molar-refractivity contribution in [1.82, 2.24) is 0 Å². The van der Waals surface area contributed by atoms with Crippen LogP contribution in [0.2, 0.25) is 5.02 Å². The van der Waals surface area contributed by atoms with Gasteiger partial charge in [0.2, 0.25) is 0 Å². The van der Waals surface area contributed by atoms with E-state index < -0.39 is 0 Å². The zero-order valence-electron chi connectivity index (χ0n) is 5.14. The molecule has 1 aromatic carbocycles. The molecular formula is C7H6BrClO. The fourth-order valence-electron chi connectivity index (χ4n) is 0.650. The van der Waals surface area contributed by atoms with Crippen LogP contribution in [0, 0.1) is 0 Å². The van der Waals surface area contributed by atoms with Crippen molar-refractivity contribution in [3.63, 3.8) is 0 Å². The molecule has 0 bridgehead atoms. The number of aliphatic hydroxyl groups is 1. The van der Waals surface area contributed by atoms with Crippen LogP contribution in [0.3, 0.4) is 0 Å². The van der Waals surface area contributed by atoms with E-state index in [9.17, 15) is 0 Å². The molecule has 0 aliphatic rings. The first-order valence-electron chi connectivity index (χ1n) is 2.79. The number of halogens is 2. The number of benzene rings is 1. The Kier molecular flexibility index (Phi) is 2.72. The molecule has 0 aromatic heterocycles. The molecule has 1 rings (SSSR count). The zero-order chi connectivity index (χ0) is 7.56. The molecule has 0 unspecified atom stereocenters. The molecule has 3 heteroatoms. The van der Waals surface area contributed by atoms with Gasteiger partial charge in [-0.25, -0.2) is 0 Å². The van der Waals surface area contributed by atoms with Crippen molar-refractivity contribution < 1.29 is 5.11 Å². The van der Waals surface area contributed by atoms with Gasteiger partial charge in [0, 0.05) is 9.50 Å². The highest BCUT2D eigenvalue weighted by Gasteiger charge is 1.97. The summed E-state index contributed by atoms with van der Waals surface area (Å²) in [6.45, 7) is 0.0394. The highest BCUT2D eigenvalue weighted by atomic mass is 79.9. The summed E-state index contributed by atoms with van der Waals surface area (Å²) in [4.78, 5) is 0. The molecule has 0 amide bonds. The van der Waals surface area contributed by atoms with Crippen molar-refractivity contribution in [2.24, 2.45) is 0 Å². The van der Waals surface area contributed by atoms with Gasteiger partial charge in [-0.3, -0.25) is 0 Å². The molecule has 0 atom stereocenters. The molecule has 54 valence electrons. The lowest BCUT2D eigenvalue weighted by Crippen LogP contribution is -1.83. The molecule has 0 aliphatic carbocycles. The van der Waals surface area contributed by atoms with Crippen LogP contribution in [0.5, 0.6) is 0 Å². The third kappa shape index (κ3) is 1.72. The number of hydrogen-bond acceptors (Lipinski definition) is 1. The minimum absolute atomic E-state index is 0.0394. The van der Waals surface area contributed by atoms with Gasteiger partial charge in [-0.1, -0.05) is 33.6 Å². The maximum Gasteiger partial charge on any atom is 0.0692 e. The number of rotatable bonds is 1. The van der Waals surface area contributed by atoms with Crippen LogP contribution in [-0.2, 0) is 6.61 Å². The Morgan fingerprint density at radius 3 is 2.70 bits per heavy atom. The Balaban J connectivity index is 3.07. The number of hydrogen-bond donors (Lipinski definition) is 1. The SMILES string of the molecule is OCc1ccc(Cl)cc1Br. The summed E-state index contributed by atoms with van der Waals surface area (Å²) in [5.41, 5.74) is 0.851. The van der Waals surface area contributed by atoms with E-state index in [2.05, 4.69) is 15.9 Å². The smallest absolute Gasteiger partial charge is 0.0692 e. The van der Waals surface area contributed by atoms with Gasteiger partial charge < -0.3 is 5.11 Å². The minimum Gasteiger partial charge on any atom is -0.392 e. The molecule has 0 spiro atoms. The Labute approximate surface area is 72.8 Å². The third-order valence-electron chi connectivity index (χ3n) is 1.19. The van der Waals surface area contributed by atoms with Gasteiger partial charge in [0.15, 0.2) is 0 Å². The van der Waals surface area contributed by atoms with Crippen LogP contribution < -0.4 is 0 Å². The van der Waals surface area contributed by atoms with E-state index in [1.807, 2.05) is 0 Å². The first-order chi connectivity index (χ1) is 4.74. The van der Waals surface area contributed by atoms with Gasteiger partial charge >= 0.3 is 0 Å². The lowest BCUT2D eigenvalue weighted by molar-refractivity contribution is 0.281. The second-order valence-corrected chi connectivity index (χ2v) is 3.18. The maximum atomic E-state index is 8.74. The molecular weight excluding hydrogens is 215 g/mol. The predicted molar refractivity (Wildman–Crippen MR) is 45.1 cm³/mol. The summed E-state index contributed by atoms with van der Waals surface area (Å²) in [7, 11) is 0. The fraction of sp³-hybridized carbons (Fsp3) is 0.143. The quantitative estimate of drug-likeness (QED) is 0.773. The summed E-state index contributed by atoms with van der Waals surface area (Å²) in [5.74, 6) is 0. The van der Waals surface area contributed by atoms with E-state index >= 15 is 0 Å². The van der Waals surface area contributed by atoms with Crippen LogP contribution in [-0.4, -0.2) is 5.11 Å². The lowest BCUT2D eigenvalue weighted by Gasteiger charge is -1.98. The molecule has 0 aliphatic heterocycles. The first kappa shape index (κ1) is 8.05. The standard InChI is InChI=1S/C7H6BrClO/c8-7-3-6(9)2-1-5(7)4-10/h1-3,10H,4H2. The second-order valence-electron chi connectivity index (χ2n) is 1.89. The van der Waals surface area contributed by atoms with Crippen LogP contribution in [0.15, 0.2) is 22.7 Å². The maximum absolute atomic E-state index is 8.74. The van der Waals surface area contributed by atoms with Crippen LogP contribution in [0.1, 0.15) is 5.56 Å². The first-order valence-corrected chi connectivity index (χ1v) is 3.96. The van der Waals surface area contributed by atoms with Crippen LogP contribution in [0.25, 0.3) is 0 Å². The molecule has 1 nitrogen and oxygen atoms in total. The third-order valence-corrected chi connectivity index (χ3v) is 2.16. The monoisotopic (exact) mass is 220 g/mol. The van der Waals surface area contributed by atoms with Crippen LogP contribution >= 0.6 is 27.5 Å². The average molecular weight is 221 g/mol. The summed E-state index contributed by atoms with van der Waals surface area (Å²) >= 11 is 8.93. The van der Waals surface area contributed by atoms with Crippen molar-refractivity contribution in [1.29, 1.82) is 0 Å². The summed E-state index contributed by atoms with van der Waals surface area (Å²) in [6, 6.07) is 5.29. The molecule has 0 fully saturated rings. The van der Waals surface area contributed by atoms with E-state index in [-0.39, 0.29) is 6.61 Å². The Morgan fingerprint density at radius 1 is 1.50 bits per heavy atom. The van der Waals surface area contributed by atoms with Crippen molar-refractivity contribution in [3.8, 4) is 0 Å². The van der Waals surface area contributed by atoms with E-state index in [4.69, 9.17) is 16.7 Å². The van der Waals surface area contributed by atoms with Gasteiger partial charge in [-0.05, 0) is 17.7 Å². The second kappa shape index (κ2) is 3.37. The van der Waals surface area contributed by atoms with Gasteiger partial charge in [0.05, 0.1) is 6.61 Å². The summed E-state index contributed by atoms with van der Waals surface area (Å²) in [6.07, 6.45) is 0. The van der Waals surface area contributed by atoms with E-state index in [1.54, 1.807) is 18.2 Å². The minimum atomic E-state index is 0.0394. The van der Waals surface area contributed by atoms with Crippen molar-refractivity contribution in [3.05, 3.63) is 33.3 Å². The largest absolute Gasteiger partial charge is 0.392 e. The molecule has 0 radical (unpaired) electrons. The summed E-state index contributed by atoms with van der Waals surface area (Å²) in [5, 5.41) is 9.41.